The maximum absolute atomic E-state index is 10.4. The van der Waals surface area contributed by atoms with Gasteiger partial charge in [0, 0.05) is 24.4 Å². The van der Waals surface area contributed by atoms with E-state index in [-0.39, 0.29) is 10.6 Å². The van der Waals surface area contributed by atoms with Crippen molar-refractivity contribution in [3.8, 4) is 0 Å². The zero-order chi connectivity index (χ0) is 15.3. The van der Waals surface area contributed by atoms with Gasteiger partial charge >= 0.3 is 16.4 Å². The second kappa shape index (κ2) is 6.16. The number of fused-ring (bicyclic) bond motifs is 1. The number of rotatable bonds is 2. The first-order valence-electron chi connectivity index (χ1n) is 5.22. The molecule has 0 atom stereocenters. The SMILES string of the molecule is NC(=O)OS(N)(=O)=O.O=[N+]([O-])c1ccc2c(c1)CCN2. The Hall–Kier alpha value is -2.40. The predicted octanol–water partition coefficient (Wildman–Crippen LogP) is -0.152. The average molecular weight is 304 g/mol. The summed E-state index contributed by atoms with van der Waals surface area (Å²) in [5, 5.41) is 17.7. The van der Waals surface area contributed by atoms with Gasteiger partial charge in [0.15, 0.2) is 0 Å². The maximum Gasteiger partial charge on any atom is 0.421 e. The van der Waals surface area contributed by atoms with E-state index in [4.69, 9.17) is 0 Å². The standard InChI is InChI=1S/C8H8N2O2.CH4N2O4S/c11-10(12)7-1-2-8-6(5-7)3-4-9-8;2-1(4)7-8(3,5)6/h1-2,5,9H,3-4H2;(H2,2,4)(H2,3,5,6). The number of amides is 1. The Morgan fingerprint density at radius 2 is 2.10 bits per heavy atom. The summed E-state index contributed by atoms with van der Waals surface area (Å²) in [6.07, 6.45) is -0.552. The highest BCUT2D eigenvalue weighted by atomic mass is 32.2. The number of primary amides is 1. The van der Waals surface area contributed by atoms with E-state index >= 15 is 0 Å². The second-order valence-electron chi connectivity index (χ2n) is 3.67. The van der Waals surface area contributed by atoms with E-state index in [0.29, 0.717) is 0 Å². The number of hydrogen-bond acceptors (Lipinski definition) is 7. The second-order valence-corrected chi connectivity index (χ2v) is 4.82. The quantitative estimate of drug-likeness (QED) is 0.504. The molecule has 10 nitrogen and oxygen atoms in total. The number of nitrogens with one attached hydrogen (secondary N) is 1. The minimum Gasteiger partial charge on any atom is -0.384 e. The van der Waals surface area contributed by atoms with Crippen LogP contribution in [0.25, 0.3) is 0 Å². The lowest BCUT2D eigenvalue weighted by atomic mass is 10.1. The smallest absolute Gasteiger partial charge is 0.384 e. The average Bonchev–Trinajstić information content (AvgIpc) is 2.72. The third-order valence-electron chi connectivity index (χ3n) is 2.21. The number of nitro benzene ring substituents is 1. The topological polar surface area (TPSA) is 168 Å². The van der Waals surface area contributed by atoms with Gasteiger partial charge in [0.25, 0.3) is 5.69 Å². The third kappa shape index (κ3) is 5.07. The Bertz CT molecular complexity index is 629. The third-order valence-corrected chi connectivity index (χ3v) is 2.60. The normalized spacial score (nSPS) is 12.4. The van der Waals surface area contributed by atoms with Gasteiger partial charge in [-0.3, -0.25) is 10.1 Å². The highest BCUT2D eigenvalue weighted by molar-refractivity contribution is 7.84. The van der Waals surface area contributed by atoms with Crippen LogP contribution in [0.3, 0.4) is 0 Å². The molecule has 0 radical (unpaired) electrons. The van der Waals surface area contributed by atoms with Gasteiger partial charge in [-0.25, -0.2) is 4.79 Å². The summed E-state index contributed by atoms with van der Waals surface area (Å²) in [4.78, 5) is 19.6. The van der Waals surface area contributed by atoms with Crippen LogP contribution in [0.15, 0.2) is 18.2 Å². The van der Waals surface area contributed by atoms with Gasteiger partial charge in [-0.2, -0.15) is 13.6 Å². The van der Waals surface area contributed by atoms with Crippen molar-refractivity contribution in [1.82, 2.24) is 0 Å². The molecule has 1 aromatic rings. The lowest BCUT2D eigenvalue weighted by molar-refractivity contribution is -0.384. The van der Waals surface area contributed by atoms with Gasteiger partial charge in [-0.05, 0) is 18.1 Å². The first-order valence-corrected chi connectivity index (χ1v) is 6.69. The largest absolute Gasteiger partial charge is 0.421 e. The van der Waals surface area contributed by atoms with Crippen molar-refractivity contribution in [1.29, 1.82) is 0 Å². The fraction of sp³-hybridized carbons (Fsp3) is 0.222. The maximum atomic E-state index is 10.4. The lowest BCUT2D eigenvalue weighted by Gasteiger charge is -1.97. The number of nitrogens with two attached hydrogens (primary N) is 2. The van der Waals surface area contributed by atoms with Gasteiger partial charge in [0.1, 0.15) is 0 Å². The molecule has 0 saturated carbocycles. The molecule has 5 N–H and O–H groups in total. The van der Waals surface area contributed by atoms with E-state index in [1.54, 1.807) is 12.1 Å². The van der Waals surface area contributed by atoms with Gasteiger partial charge < -0.3 is 15.2 Å². The van der Waals surface area contributed by atoms with Crippen LogP contribution in [-0.2, 0) is 20.9 Å². The molecule has 1 aliphatic rings. The monoisotopic (exact) mass is 304 g/mol. The Labute approximate surface area is 114 Å². The number of benzene rings is 1. The number of anilines is 1. The van der Waals surface area contributed by atoms with Crippen LogP contribution in [0, 0.1) is 10.1 Å². The first-order chi connectivity index (χ1) is 9.19. The van der Waals surface area contributed by atoms with Crippen molar-refractivity contribution in [2.75, 3.05) is 11.9 Å². The molecule has 0 unspecified atom stereocenters. The van der Waals surface area contributed by atoms with E-state index in [2.05, 4.69) is 20.4 Å². The van der Waals surface area contributed by atoms with Crippen molar-refractivity contribution in [3.63, 3.8) is 0 Å². The van der Waals surface area contributed by atoms with Crippen molar-refractivity contribution in [2.24, 2.45) is 10.9 Å². The molecule has 1 aliphatic heterocycles. The summed E-state index contributed by atoms with van der Waals surface area (Å²) in [5.74, 6) is 0. The molecule has 20 heavy (non-hydrogen) atoms. The number of hydrogen-bond donors (Lipinski definition) is 3. The lowest BCUT2D eigenvalue weighted by Crippen LogP contribution is -2.24. The van der Waals surface area contributed by atoms with Crippen LogP contribution < -0.4 is 16.2 Å². The molecular formula is C9H12N4O6S. The van der Waals surface area contributed by atoms with E-state index in [1.807, 2.05) is 0 Å². The van der Waals surface area contributed by atoms with Crippen LogP contribution in [0.1, 0.15) is 5.56 Å². The first kappa shape index (κ1) is 15.7. The van der Waals surface area contributed by atoms with Crippen molar-refractivity contribution in [2.45, 2.75) is 6.42 Å². The highest BCUT2D eigenvalue weighted by Gasteiger charge is 2.13. The summed E-state index contributed by atoms with van der Waals surface area (Å²) in [6, 6.07) is 4.92. The molecule has 0 spiro atoms. The molecule has 1 heterocycles. The summed E-state index contributed by atoms with van der Waals surface area (Å²) >= 11 is 0. The van der Waals surface area contributed by atoms with Crippen molar-refractivity contribution in [3.05, 3.63) is 33.9 Å². The molecule has 0 fully saturated rings. The van der Waals surface area contributed by atoms with Crippen molar-refractivity contribution < 1.29 is 22.3 Å². The Balaban J connectivity index is 0.000000221. The van der Waals surface area contributed by atoms with Crippen LogP contribution in [0.4, 0.5) is 16.2 Å². The van der Waals surface area contributed by atoms with Crippen LogP contribution in [-0.4, -0.2) is 26.0 Å². The zero-order valence-electron chi connectivity index (χ0n) is 10.1. The fourth-order valence-electron chi connectivity index (χ4n) is 1.52. The highest BCUT2D eigenvalue weighted by Crippen LogP contribution is 2.25. The van der Waals surface area contributed by atoms with Crippen LogP contribution in [0.5, 0.6) is 0 Å². The summed E-state index contributed by atoms with van der Waals surface area (Å²) in [7, 11) is -4.20. The molecule has 0 aromatic heterocycles. The molecule has 1 aromatic carbocycles. The minimum atomic E-state index is -4.20. The minimum absolute atomic E-state index is 0.178. The van der Waals surface area contributed by atoms with E-state index in [1.165, 1.54) is 6.07 Å². The Kier molecular flexibility index (Phi) is 4.83. The predicted molar refractivity (Wildman–Crippen MR) is 69.1 cm³/mol. The van der Waals surface area contributed by atoms with Crippen LogP contribution >= 0.6 is 0 Å². The van der Waals surface area contributed by atoms with Gasteiger partial charge in [-0.15, -0.1) is 0 Å². The summed E-state index contributed by atoms with van der Waals surface area (Å²) in [5.41, 5.74) is 6.51. The Morgan fingerprint density at radius 3 is 2.55 bits per heavy atom. The molecule has 0 bridgehead atoms. The molecule has 0 saturated heterocycles. The molecule has 1 amide bonds. The molecule has 11 heteroatoms. The molecular weight excluding hydrogens is 292 g/mol. The van der Waals surface area contributed by atoms with E-state index in [0.717, 1.165) is 24.2 Å². The number of nitrogens with zero attached hydrogens (tertiary/aromatic N) is 1. The molecule has 0 aliphatic carbocycles. The Morgan fingerprint density at radius 1 is 1.45 bits per heavy atom. The number of carbonyl (C=O) groups excluding carboxylic acids is 1. The summed E-state index contributed by atoms with van der Waals surface area (Å²) < 4.78 is 22.7. The fourth-order valence-corrected chi connectivity index (χ4v) is 1.75. The number of non-ortho nitro benzene ring substituents is 1. The van der Waals surface area contributed by atoms with Crippen molar-refractivity contribution >= 4 is 27.8 Å². The summed E-state index contributed by atoms with van der Waals surface area (Å²) in [6.45, 7) is 0.885. The number of carbonyl (C=O) groups is 1. The van der Waals surface area contributed by atoms with Gasteiger partial charge in [-0.1, -0.05) is 0 Å². The molecule has 2 rings (SSSR count). The van der Waals surface area contributed by atoms with Gasteiger partial charge in [0.2, 0.25) is 0 Å². The van der Waals surface area contributed by atoms with Gasteiger partial charge in [0.05, 0.1) is 4.92 Å². The molecule has 110 valence electrons. The van der Waals surface area contributed by atoms with Crippen LogP contribution in [0.2, 0.25) is 0 Å². The zero-order valence-corrected chi connectivity index (χ0v) is 10.9. The van der Waals surface area contributed by atoms with E-state index in [9.17, 15) is 23.3 Å². The van der Waals surface area contributed by atoms with E-state index < -0.39 is 16.4 Å². The number of nitro groups is 1.